The first-order valence-electron chi connectivity index (χ1n) is 12.1. The fourth-order valence-corrected chi connectivity index (χ4v) is 10.1. The molecule has 0 radical (unpaired) electrons. The largest absolute Gasteiger partial charge is 0.493 e. The first-order valence-corrected chi connectivity index (χ1v) is 15.1. The number of nitrogens with zero attached hydrogens (tertiary/aromatic N) is 1. The molecule has 6 rings (SSSR count). The number of benzene rings is 2. The SMILES string of the molecule is CCOP1(=O)OC2(CCOc3ccccc32)C2=C1N(S(=O)(=O)c1ccc(C)cc1)CC21C=CC(=O)C=C1. The first-order chi connectivity index (χ1) is 17.7. The molecule has 192 valence electrons. The fourth-order valence-electron chi connectivity index (χ4n) is 5.71. The van der Waals surface area contributed by atoms with E-state index in [1.54, 1.807) is 31.2 Å². The predicted molar refractivity (Wildman–Crippen MR) is 136 cm³/mol. The number of carbonyl (C=O) groups excluding carboxylic acids is 1. The van der Waals surface area contributed by atoms with Crippen LogP contribution in [0, 0.1) is 12.3 Å². The summed E-state index contributed by atoms with van der Waals surface area (Å²) in [4.78, 5) is 12.2. The number of ether oxygens (including phenoxy) is 1. The zero-order valence-electron chi connectivity index (χ0n) is 20.4. The van der Waals surface area contributed by atoms with Crippen LogP contribution >= 0.6 is 7.60 Å². The van der Waals surface area contributed by atoms with E-state index < -0.39 is 28.6 Å². The average Bonchev–Trinajstić information content (AvgIpc) is 3.36. The molecule has 0 saturated carbocycles. The highest BCUT2D eigenvalue weighted by Crippen LogP contribution is 2.77. The molecule has 37 heavy (non-hydrogen) atoms. The van der Waals surface area contributed by atoms with Crippen LogP contribution in [0.3, 0.4) is 0 Å². The number of fused-ring (bicyclic) bond motifs is 4. The highest BCUT2D eigenvalue weighted by Gasteiger charge is 2.68. The van der Waals surface area contributed by atoms with Gasteiger partial charge in [-0.2, -0.15) is 0 Å². The molecule has 0 fully saturated rings. The molecule has 3 aliphatic heterocycles. The average molecular weight is 540 g/mol. The normalized spacial score (nSPS) is 27.6. The summed E-state index contributed by atoms with van der Waals surface area (Å²) in [5, 5.41) is 0. The van der Waals surface area contributed by atoms with E-state index in [1.807, 2.05) is 31.2 Å². The van der Waals surface area contributed by atoms with Gasteiger partial charge < -0.3 is 9.26 Å². The van der Waals surface area contributed by atoms with Crippen LogP contribution in [-0.2, 0) is 34.0 Å². The Balaban J connectivity index is 1.66. The van der Waals surface area contributed by atoms with Gasteiger partial charge in [-0.1, -0.05) is 48.0 Å². The predicted octanol–water partition coefficient (Wildman–Crippen LogP) is 4.83. The third kappa shape index (κ3) is 3.45. The minimum atomic E-state index is -4.16. The summed E-state index contributed by atoms with van der Waals surface area (Å²) in [7, 11) is -8.30. The number of allylic oxidation sites excluding steroid dienone is 2. The Bertz CT molecular complexity index is 1540. The molecule has 0 aromatic heterocycles. The summed E-state index contributed by atoms with van der Waals surface area (Å²) in [5.74, 6) is 0.362. The Hall–Kier alpha value is -2.97. The molecule has 0 amide bonds. The lowest BCUT2D eigenvalue weighted by atomic mass is 9.68. The second-order valence-corrected chi connectivity index (χ2v) is 13.3. The van der Waals surface area contributed by atoms with E-state index in [-0.39, 0.29) is 35.9 Å². The van der Waals surface area contributed by atoms with Crippen molar-refractivity contribution in [3.63, 3.8) is 0 Å². The van der Waals surface area contributed by atoms with Crippen LogP contribution in [0.4, 0.5) is 0 Å². The smallest absolute Gasteiger partial charge is 0.379 e. The summed E-state index contributed by atoms with van der Waals surface area (Å²) in [5.41, 5.74) is -0.219. The Kier molecular flexibility index (Phi) is 5.44. The fraction of sp³-hybridized carbons (Fsp3) is 0.296. The van der Waals surface area contributed by atoms with Gasteiger partial charge in [0, 0.05) is 17.6 Å². The summed E-state index contributed by atoms with van der Waals surface area (Å²) in [6, 6.07) is 13.8. The van der Waals surface area contributed by atoms with Gasteiger partial charge in [0.25, 0.3) is 10.0 Å². The van der Waals surface area contributed by atoms with E-state index in [0.717, 1.165) is 5.56 Å². The zero-order chi connectivity index (χ0) is 26.1. The summed E-state index contributed by atoms with van der Waals surface area (Å²) >= 11 is 0. The van der Waals surface area contributed by atoms with E-state index in [0.29, 0.717) is 23.3 Å². The molecular weight excluding hydrogens is 513 g/mol. The molecule has 2 atom stereocenters. The summed E-state index contributed by atoms with van der Waals surface area (Å²) in [6.45, 7) is 3.82. The quantitative estimate of drug-likeness (QED) is 0.513. The minimum absolute atomic E-state index is 0.0234. The van der Waals surface area contributed by atoms with E-state index in [4.69, 9.17) is 13.8 Å². The zero-order valence-corrected chi connectivity index (χ0v) is 22.1. The molecule has 2 aromatic rings. The van der Waals surface area contributed by atoms with Crippen molar-refractivity contribution in [2.24, 2.45) is 5.41 Å². The van der Waals surface area contributed by atoms with Crippen molar-refractivity contribution >= 4 is 23.4 Å². The van der Waals surface area contributed by atoms with E-state index >= 15 is 0 Å². The molecular formula is C27H26NO7PS. The van der Waals surface area contributed by atoms with Gasteiger partial charge in [-0.3, -0.25) is 18.2 Å². The van der Waals surface area contributed by atoms with Gasteiger partial charge in [0.05, 0.1) is 30.1 Å². The number of ketones is 1. The van der Waals surface area contributed by atoms with Crippen molar-refractivity contribution in [2.75, 3.05) is 19.8 Å². The number of para-hydroxylation sites is 1. The van der Waals surface area contributed by atoms with E-state index in [2.05, 4.69) is 0 Å². The topological polar surface area (TPSA) is 99.2 Å². The van der Waals surface area contributed by atoms with Crippen LogP contribution < -0.4 is 4.74 Å². The number of rotatable bonds is 4. The van der Waals surface area contributed by atoms with Crippen LogP contribution in [-0.4, -0.2) is 38.3 Å². The second kappa shape index (κ2) is 8.27. The lowest BCUT2D eigenvalue weighted by molar-refractivity contribution is -0.110. The number of carbonyl (C=O) groups is 1. The van der Waals surface area contributed by atoms with Crippen LogP contribution in [0.2, 0.25) is 0 Å². The molecule has 4 aliphatic rings. The van der Waals surface area contributed by atoms with Crippen molar-refractivity contribution in [1.82, 2.24) is 4.31 Å². The summed E-state index contributed by atoms with van der Waals surface area (Å²) < 4.78 is 62.1. The third-order valence-corrected chi connectivity index (χ3v) is 11.3. The highest BCUT2D eigenvalue weighted by atomic mass is 32.2. The van der Waals surface area contributed by atoms with Crippen molar-refractivity contribution in [3.05, 3.63) is 95.0 Å². The molecule has 8 nitrogen and oxygen atoms in total. The molecule has 1 aliphatic carbocycles. The van der Waals surface area contributed by atoms with Gasteiger partial charge >= 0.3 is 7.60 Å². The van der Waals surface area contributed by atoms with Crippen LogP contribution in [0.1, 0.15) is 24.5 Å². The molecule has 2 spiro atoms. The van der Waals surface area contributed by atoms with Crippen LogP contribution in [0.15, 0.2) is 88.7 Å². The number of sulfonamides is 1. The standard InChI is InChI=1S/C27H26NO7PS/c1-3-34-36(30)25-24(27(35-36)16-17-33-23-7-5-4-6-22(23)27)26(14-12-20(29)13-15-26)18-28(25)37(31,32)21-10-8-19(2)9-11-21/h4-15H,3,16-18H2,1-2H3. The Morgan fingerprint density at radius 1 is 1.08 bits per heavy atom. The third-order valence-electron chi connectivity index (χ3n) is 7.30. The minimum Gasteiger partial charge on any atom is -0.493 e. The Morgan fingerprint density at radius 2 is 1.78 bits per heavy atom. The molecule has 2 unspecified atom stereocenters. The van der Waals surface area contributed by atoms with Gasteiger partial charge in [0.15, 0.2) is 5.78 Å². The van der Waals surface area contributed by atoms with Gasteiger partial charge in [0.2, 0.25) is 0 Å². The first kappa shape index (κ1) is 24.4. The van der Waals surface area contributed by atoms with Crippen LogP contribution in [0.5, 0.6) is 5.75 Å². The van der Waals surface area contributed by atoms with Crippen molar-refractivity contribution in [3.8, 4) is 5.75 Å². The molecule has 10 heteroatoms. The summed E-state index contributed by atoms with van der Waals surface area (Å²) in [6.07, 6.45) is 6.54. The van der Waals surface area contributed by atoms with E-state index in [1.165, 1.54) is 28.6 Å². The van der Waals surface area contributed by atoms with Gasteiger partial charge in [-0.15, -0.1) is 0 Å². The Morgan fingerprint density at radius 3 is 2.49 bits per heavy atom. The highest BCUT2D eigenvalue weighted by molar-refractivity contribution is 7.89. The second-order valence-electron chi connectivity index (χ2n) is 9.56. The van der Waals surface area contributed by atoms with Crippen molar-refractivity contribution < 1.29 is 31.6 Å². The van der Waals surface area contributed by atoms with Gasteiger partial charge in [-0.05, 0) is 44.2 Å². The molecule has 0 bridgehead atoms. The monoisotopic (exact) mass is 539 g/mol. The van der Waals surface area contributed by atoms with E-state index in [9.17, 15) is 17.8 Å². The lowest BCUT2D eigenvalue weighted by Gasteiger charge is -2.42. The van der Waals surface area contributed by atoms with Crippen molar-refractivity contribution in [1.29, 1.82) is 0 Å². The number of hydrogen-bond donors (Lipinski definition) is 0. The van der Waals surface area contributed by atoms with Gasteiger partial charge in [0.1, 0.15) is 16.8 Å². The molecule has 3 heterocycles. The maximum Gasteiger partial charge on any atom is 0.379 e. The van der Waals surface area contributed by atoms with Crippen LogP contribution in [0.25, 0.3) is 0 Å². The lowest BCUT2D eigenvalue weighted by Crippen LogP contribution is -2.42. The molecule has 0 saturated heterocycles. The Labute approximate surface area is 215 Å². The molecule has 2 aromatic carbocycles. The van der Waals surface area contributed by atoms with Gasteiger partial charge in [-0.25, -0.2) is 8.42 Å². The van der Waals surface area contributed by atoms with Crippen molar-refractivity contribution in [2.45, 2.75) is 30.8 Å². The molecule has 0 N–H and O–H groups in total. The number of hydrogen-bond acceptors (Lipinski definition) is 7. The number of aryl methyl sites for hydroxylation is 1. The maximum atomic E-state index is 14.6. The maximum absolute atomic E-state index is 14.6.